The van der Waals surface area contributed by atoms with Gasteiger partial charge in [0.2, 0.25) is 0 Å². The molecule has 2 aliphatic rings. The van der Waals surface area contributed by atoms with Crippen molar-refractivity contribution in [3.63, 3.8) is 0 Å². The monoisotopic (exact) mass is 425 g/mol. The highest BCUT2D eigenvalue weighted by Gasteiger charge is 2.26. The largest absolute Gasteiger partial charge is 0.368 e. The first-order valence-electron chi connectivity index (χ1n) is 10.5. The third-order valence-electron chi connectivity index (χ3n) is 5.46. The minimum atomic E-state index is 0.0999. The van der Waals surface area contributed by atoms with Gasteiger partial charge in [-0.05, 0) is 17.5 Å². The smallest absolute Gasteiger partial charge is 0.265 e. The number of rotatable bonds is 4. The lowest BCUT2D eigenvalue weighted by Gasteiger charge is -2.36. The van der Waals surface area contributed by atoms with E-state index in [1.165, 1.54) is 28.3 Å². The normalized spacial score (nSPS) is 17.5. The number of carbonyl (C=O) groups is 1. The van der Waals surface area contributed by atoms with Crippen molar-refractivity contribution in [1.82, 2.24) is 19.7 Å². The van der Waals surface area contributed by atoms with Crippen molar-refractivity contribution >= 4 is 28.6 Å². The van der Waals surface area contributed by atoms with E-state index in [9.17, 15) is 4.79 Å². The fourth-order valence-corrected chi connectivity index (χ4v) is 4.74. The molecule has 0 radical (unpaired) electrons. The molecule has 1 fully saturated rings. The van der Waals surface area contributed by atoms with Crippen LogP contribution in [0.5, 0.6) is 0 Å². The lowest BCUT2D eigenvalue weighted by Crippen LogP contribution is -2.48. The highest BCUT2D eigenvalue weighted by atomic mass is 32.1. The number of anilines is 1. The summed E-state index contributed by atoms with van der Waals surface area (Å²) in [6.07, 6.45) is 3.91. The average molecular weight is 426 g/mol. The van der Waals surface area contributed by atoms with Crippen LogP contribution in [0, 0.1) is 5.41 Å². The zero-order chi connectivity index (χ0) is 21.3. The van der Waals surface area contributed by atoms with Crippen LogP contribution in [0.2, 0.25) is 0 Å². The number of thiazole rings is 1. The summed E-state index contributed by atoms with van der Waals surface area (Å²) in [5.74, 6) is 0.0999. The standard InChI is InChI=1S/C23H31N5OS/c1-23(2,3)15-28-17-25(4)14-20(28)18-6-5-7-19(12-18)26-8-10-27(11-9-26)22(29)21-13-24-16-30-21/h5-7,12-14,16H,8-11,15,17H2,1-4H3. The molecular formula is C23H31N5OS. The molecule has 1 amide bonds. The van der Waals surface area contributed by atoms with Crippen LogP contribution in [0.25, 0.3) is 5.70 Å². The maximum atomic E-state index is 12.6. The van der Waals surface area contributed by atoms with Crippen LogP contribution in [0.3, 0.4) is 0 Å². The molecule has 1 saturated heterocycles. The molecule has 160 valence electrons. The summed E-state index contributed by atoms with van der Waals surface area (Å²) >= 11 is 1.41. The first-order valence-corrected chi connectivity index (χ1v) is 11.4. The van der Waals surface area contributed by atoms with Crippen LogP contribution < -0.4 is 4.90 Å². The van der Waals surface area contributed by atoms with E-state index in [0.29, 0.717) is 0 Å². The van der Waals surface area contributed by atoms with Gasteiger partial charge in [-0.3, -0.25) is 9.78 Å². The molecule has 6 nitrogen and oxygen atoms in total. The topological polar surface area (TPSA) is 42.9 Å². The van der Waals surface area contributed by atoms with E-state index in [4.69, 9.17) is 0 Å². The van der Waals surface area contributed by atoms with E-state index in [1.807, 2.05) is 4.90 Å². The van der Waals surface area contributed by atoms with E-state index in [-0.39, 0.29) is 11.3 Å². The van der Waals surface area contributed by atoms with Gasteiger partial charge in [-0.2, -0.15) is 0 Å². The highest BCUT2D eigenvalue weighted by Crippen LogP contribution is 2.31. The van der Waals surface area contributed by atoms with Gasteiger partial charge >= 0.3 is 0 Å². The van der Waals surface area contributed by atoms with E-state index >= 15 is 0 Å². The average Bonchev–Trinajstić information content (AvgIpc) is 3.36. The van der Waals surface area contributed by atoms with E-state index in [1.54, 1.807) is 11.7 Å². The molecule has 1 aromatic heterocycles. The van der Waals surface area contributed by atoms with Crippen LogP contribution >= 0.6 is 11.3 Å². The van der Waals surface area contributed by atoms with Gasteiger partial charge in [0.1, 0.15) is 4.88 Å². The third kappa shape index (κ3) is 4.61. The number of hydrogen-bond donors (Lipinski definition) is 0. The molecule has 0 aliphatic carbocycles. The van der Waals surface area contributed by atoms with Crippen molar-refractivity contribution in [1.29, 1.82) is 0 Å². The number of piperazine rings is 1. The summed E-state index contributed by atoms with van der Waals surface area (Å²) < 4.78 is 0. The second kappa shape index (κ2) is 8.30. The molecular weight excluding hydrogens is 394 g/mol. The van der Waals surface area contributed by atoms with Crippen molar-refractivity contribution in [2.75, 3.05) is 51.3 Å². The lowest BCUT2D eigenvalue weighted by atomic mass is 9.95. The fourth-order valence-electron chi connectivity index (χ4n) is 4.15. The quantitative estimate of drug-likeness (QED) is 0.748. The third-order valence-corrected chi connectivity index (χ3v) is 6.22. The summed E-state index contributed by atoms with van der Waals surface area (Å²) in [7, 11) is 2.13. The molecule has 4 rings (SSSR count). The minimum Gasteiger partial charge on any atom is -0.368 e. The Morgan fingerprint density at radius 1 is 1.17 bits per heavy atom. The fraction of sp³-hybridized carbons (Fsp3) is 0.478. The Balaban J connectivity index is 1.45. The van der Waals surface area contributed by atoms with Crippen LogP contribution in [0.1, 0.15) is 36.0 Å². The van der Waals surface area contributed by atoms with E-state index < -0.39 is 0 Å². The molecule has 0 spiro atoms. The maximum absolute atomic E-state index is 12.6. The van der Waals surface area contributed by atoms with Crippen molar-refractivity contribution < 1.29 is 4.79 Å². The van der Waals surface area contributed by atoms with Crippen molar-refractivity contribution in [3.05, 3.63) is 52.6 Å². The molecule has 3 heterocycles. The Bertz CT molecular complexity index is 910. The van der Waals surface area contributed by atoms with Crippen LogP contribution in [0.15, 0.2) is 42.2 Å². The maximum Gasteiger partial charge on any atom is 0.265 e. The van der Waals surface area contributed by atoms with Crippen LogP contribution in [-0.2, 0) is 0 Å². The lowest BCUT2D eigenvalue weighted by molar-refractivity contribution is 0.0751. The molecule has 0 saturated carbocycles. The predicted molar refractivity (Wildman–Crippen MR) is 123 cm³/mol. The SMILES string of the molecule is CN1C=C(c2cccc(N3CCN(C(=O)c4cncs4)CC3)c2)N(CC(C)(C)C)C1. The van der Waals surface area contributed by atoms with Gasteiger partial charge in [0.15, 0.2) is 0 Å². The number of hydrogen-bond acceptors (Lipinski definition) is 6. The van der Waals surface area contributed by atoms with Gasteiger partial charge in [0.25, 0.3) is 5.91 Å². The highest BCUT2D eigenvalue weighted by molar-refractivity contribution is 7.11. The van der Waals surface area contributed by atoms with Gasteiger partial charge in [-0.15, -0.1) is 11.3 Å². The summed E-state index contributed by atoms with van der Waals surface area (Å²) in [6.45, 7) is 12.0. The predicted octanol–water partition coefficient (Wildman–Crippen LogP) is 3.65. The zero-order valence-corrected chi connectivity index (χ0v) is 19.2. The van der Waals surface area contributed by atoms with Crippen molar-refractivity contribution in [2.45, 2.75) is 20.8 Å². The van der Waals surface area contributed by atoms with Crippen LogP contribution in [0.4, 0.5) is 5.69 Å². The molecule has 0 bridgehead atoms. The summed E-state index contributed by atoms with van der Waals surface area (Å²) in [5.41, 5.74) is 5.72. The Morgan fingerprint density at radius 3 is 2.60 bits per heavy atom. The Kier molecular flexibility index (Phi) is 5.73. The number of nitrogens with zero attached hydrogens (tertiary/aromatic N) is 5. The molecule has 30 heavy (non-hydrogen) atoms. The minimum absolute atomic E-state index is 0.0999. The zero-order valence-electron chi connectivity index (χ0n) is 18.3. The van der Waals surface area contributed by atoms with E-state index in [0.717, 1.165) is 44.3 Å². The Morgan fingerprint density at radius 2 is 1.93 bits per heavy atom. The van der Waals surface area contributed by atoms with Crippen molar-refractivity contribution in [2.24, 2.45) is 5.41 Å². The van der Waals surface area contributed by atoms with Crippen LogP contribution in [-0.4, -0.2) is 72.0 Å². The van der Waals surface area contributed by atoms with Gasteiger partial charge in [0, 0.05) is 57.2 Å². The molecule has 1 aromatic carbocycles. The number of aromatic nitrogens is 1. The molecule has 0 atom stereocenters. The summed E-state index contributed by atoms with van der Waals surface area (Å²) in [5, 5.41) is 0. The summed E-state index contributed by atoms with van der Waals surface area (Å²) in [6, 6.07) is 8.82. The van der Waals surface area contributed by atoms with E-state index in [2.05, 4.69) is 78.0 Å². The number of carbonyl (C=O) groups excluding carboxylic acids is 1. The second-order valence-corrected chi connectivity index (χ2v) is 10.3. The molecule has 0 unspecified atom stereocenters. The van der Waals surface area contributed by atoms with Gasteiger partial charge in [0.05, 0.1) is 24.1 Å². The Hall–Kier alpha value is -2.54. The molecule has 2 aliphatic heterocycles. The number of amides is 1. The Labute approximate surface area is 183 Å². The first-order chi connectivity index (χ1) is 14.3. The molecule has 7 heteroatoms. The van der Waals surface area contributed by atoms with Gasteiger partial charge < -0.3 is 19.6 Å². The van der Waals surface area contributed by atoms with Gasteiger partial charge in [-0.1, -0.05) is 32.9 Å². The van der Waals surface area contributed by atoms with Crippen molar-refractivity contribution in [3.8, 4) is 0 Å². The summed E-state index contributed by atoms with van der Waals surface area (Å²) in [4.78, 5) is 26.4. The second-order valence-electron chi connectivity index (χ2n) is 9.37. The van der Waals surface area contributed by atoms with Gasteiger partial charge in [-0.25, -0.2) is 0 Å². The number of benzene rings is 1. The molecule has 0 N–H and O–H groups in total. The molecule has 2 aromatic rings. The first kappa shape index (κ1) is 20.7.